The van der Waals surface area contributed by atoms with Crippen LogP contribution in [0.15, 0.2) is 60.8 Å². The zero-order valence-corrected chi connectivity index (χ0v) is 26.9. The Kier molecular flexibility index (Phi) is 9.90. The molecule has 0 spiro atoms. The van der Waals surface area contributed by atoms with Crippen molar-refractivity contribution in [3.63, 3.8) is 0 Å². The van der Waals surface area contributed by atoms with Crippen molar-refractivity contribution in [3.05, 3.63) is 71.9 Å². The summed E-state index contributed by atoms with van der Waals surface area (Å²) in [5, 5.41) is 8.93. The molecule has 13 heteroatoms. The van der Waals surface area contributed by atoms with E-state index >= 15 is 0 Å². The molecule has 46 heavy (non-hydrogen) atoms. The van der Waals surface area contributed by atoms with Gasteiger partial charge in [-0.3, -0.25) is 19.2 Å². The summed E-state index contributed by atoms with van der Waals surface area (Å²) in [6.07, 6.45) is 2.34. The van der Waals surface area contributed by atoms with E-state index in [1.807, 2.05) is 54.6 Å². The molecule has 0 saturated carbocycles. The number of thioether (sulfide) groups is 1. The molecule has 2 aromatic carbocycles. The predicted molar refractivity (Wildman–Crippen MR) is 174 cm³/mol. The molecular weight excluding hydrogens is 608 g/mol. The van der Waals surface area contributed by atoms with E-state index < -0.39 is 59.5 Å². The lowest BCUT2D eigenvalue weighted by Crippen LogP contribution is -2.62. The number of benzene rings is 2. The van der Waals surface area contributed by atoms with Gasteiger partial charge in [-0.25, -0.2) is 4.79 Å². The number of para-hydroxylation sites is 1. The quantitative estimate of drug-likeness (QED) is 0.224. The van der Waals surface area contributed by atoms with Crippen LogP contribution >= 0.6 is 11.8 Å². The number of amides is 5. The molecule has 0 unspecified atom stereocenters. The molecule has 0 aliphatic carbocycles. The first-order valence-corrected chi connectivity index (χ1v) is 16.4. The van der Waals surface area contributed by atoms with Crippen molar-refractivity contribution in [1.82, 2.24) is 25.8 Å². The molecular formula is C33H40N6O6S. The van der Waals surface area contributed by atoms with Gasteiger partial charge in [0, 0.05) is 35.7 Å². The largest absolute Gasteiger partial charge is 0.444 e. The number of fused-ring (bicyclic) bond motifs is 2. The molecule has 5 amide bonds. The zero-order valence-electron chi connectivity index (χ0n) is 26.1. The minimum atomic E-state index is -1.04. The highest BCUT2D eigenvalue weighted by Crippen LogP contribution is 2.36. The van der Waals surface area contributed by atoms with Crippen LogP contribution in [-0.4, -0.2) is 80.5 Å². The number of rotatable bonds is 10. The number of nitrogens with zero attached hydrogens (tertiary/aromatic N) is 1. The minimum absolute atomic E-state index is 0.152. The Hall–Kier alpha value is -4.52. The van der Waals surface area contributed by atoms with Crippen LogP contribution in [0.2, 0.25) is 0 Å². The summed E-state index contributed by atoms with van der Waals surface area (Å²) < 4.78 is 5.43. The number of nitrogens with one attached hydrogen (secondary N) is 4. The highest BCUT2D eigenvalue weighted by atomic mass is 32.2. The summed E-state index contributed by atoms with van der Waals surface area (Å²) in [4.78, 5) is 70.6. The van der Waals surface area contributed by atoms with Gasteiger partial charge in [-0.05, 0) is 50.8 Å². The second-order valence-electron chi connectivity index (χ2n) is 12.6. The number of aromatic nitrogens is 1. The maximum absolute atomic E-state index is 13.8. The molecule has 5 atom stereocenters. The maximum atomic E-state index is 13.8. The van der Waals surface area contributed by atoms with Gasteiger partial charge in [0.2, 0.25) is 23.6 Å². The van der Waals surface area contributed by atoms with Crippen molar-refractivity contribution in [2.75, 3.05) is 5.75 Å². The fourth-order valence-electron chi connectivity index (χ4n) is 5.82. The van der Waals surface area contributed by atoms with Gasteiger partial charge >= 0.3 is 6.09 Å². The van der Waals surface area contributed by atoms with Crippen molar-refractivity contribution in [3.8, 4) is 0 Å². The third-order valence-corrected chi connectivity index (χ3v) is 9.37. The SMILES string of the molecule is CC(C)(C)OC(=O)N[C@H](Cc1c[nH]c2ccccc12)C(=O)N[C@H]1CC[C@@H]2SC[C@@H](C(=O)N[C@H](Cc3ccccc3)C(N)=O)N2C1=O. The molecule has 5 rings (SSSR count). The van der Waals surface area contributed by atoms with E-state index in [0.29, 0.717) is 18.6 Å². The lowest BCUT2D eigenvalue weighted by atomic mass is 10.00. The summed E-state index contributed by atoms with van der Waals surface area (Å²) in [5.74, 6) is -1.73. The molecule has 6 N–H and O–H groups in total. The number of primary amides is 1. The molecule has 2 aliphatic heterocycles. The monoisotopic (exact) mass is 648 g/mol. The van der Waals surface area contributed by atoms with Gasteiger partial charge in [0.15, 0.2) is 0 Å². The van der Waals surface area contributed by atoms with Gasteiger partial charge in [-0.1, -0.05) is 48.5 Å². The van der Waals surface area contributed by atoms with Crippen LogP contribution in [0, 0.1) is 0 Å². The van der Waals surface area contributed by atoms with Gasteiger partial charge in [0.1, 0.15) is 29.8 Å². The van der Waals surface area contributed by atoms with Crippen molar-refractivity contribution in [1.29, 1.82) is 0 Å². The summed E-state index contributed by atoms with van der Waals surface area (Å²) in [6, 6.07) is 13.1. The number of ether oxygens (including phenoxy) is 1. The van der Waals surface area contributed by atoms with Crippen LogP contribution < -0.4 is 21.7 Å². The average molecular weight is 649 g/mol. The molecule has 2 fully saturated rings. The number of hydrogen-bond donors (Lipinski definition) is 5. The zero-order chi connectivity index (χ0) is 33.0. The van der Waals surface area contributed by atoms with Crippen molar-refractivity contribution < 1.29 is 28.7 Å². The van der Waals surface area contributed by atoms with E-state index in [-0.39, 0.29) is 18.2 Å². The van der Waals surface area contributed by atoms with E-state index in [1.165, 1.54) is 16.7 Å². The maximum Gasteiger partial charge on any atom is 0.408 e. The van der Waals surface area contributed by atoms with Crippen molar-refractivity contribution in [2.45, 2.75) is 81.6 Å². The molecule has 0 bridgehead atoms. The molecule has 3 heterocycles. The van der Waals surface area contributed by atoms with E-state index in [1.54, 1.807) is 27.0 Å². The second kappa shape index (κ2) is 13.9. The van der Waals surface area contributed by atoms with E-state index in [9.17, 15) is 24.0 Å². The number of piperidine rings is 1. The van der Waals surface area contributed by atoms with Crippen molar-refractivity contribution in [2.24, 2.45) is 5.73 Å². The number of carbonyl (C=O) groups excluding carboxylic acids is 5. The number of H-pyrrole nitrogens is 1. The summed E-state index contributed by atoms with van der Waals surface area (Å²) in [5.41, 5.74) is 7.38. The number of carbonyl (C=O) groups is 5. The van der Waals surface area contributed by atoms with Crippen LogP contribution in [0.3, 0.4) is 0 Å². The van der Waals surface area contributed by atoms with E-state index in [0.717, 1.165) is 22.0 Å². The average Bonchev–Trinajstić information content (AvgIpc) is 3.62. The van der Waals surface area contributed by atoms with Gasteiger partial charge in [0.05, 0.1) is 5.37 Å². The second-order valence-corrected chi connectivity index (χ2v) is 13.8. The smallest absolute Gasteiger partial charge is 0.408 e. The van der Waals surface area contributed by atoms with Gasteiger partial charge in [0.25, 0.3) is 0 Å². The first kappa shape index (κ1) is 32.9. The number of nitrogens with two attached hydrogens (primary N) is 1. The molecule has 2 aliphatic rings. The first-order chi connectivity index (χ1) is 21.9. The summed E-state index contributed by atoms with van der Waals surface area (Å²) in [7, 11) is 0. The van der Waals surface area contributed by atoms with E-state index in [4.69, 9.17) is 10.5 Å². The highest BCUT2D eigenvalue weighted by Gasteiger charge is 2.47. The standard InChI is InChI=1S/C33H40N6O6S/c1-33(2,3)45-32(44)38-25(16-20-17-35-22-12-8-7-11-21(20)22)29(41)36-23-13-14-27-39(31(23)43)26(18-46-27)30(42)37-24(28(34)40)15-19-9-5-4-6-10-19/h4-12,17,23-27,35H,13-16,18H2,1-3H3,(H2,34,40)(H,36,41)(H,37,42)(H,38,44)/t23-,24+,25+,26-,27-/m0/s1. The topological polar surface area (TPSA) is 176 Å². The normalized spacial score (nSPS) is 20.8. The third-order valence-electron chi connectivity index (χ3n) is 8.02. The van der Waals surface area contributed by atoms with E-state index in [2.05, 4.69) is 20.9 Å². The Labute approximate surface area is 271 Å². The van der Waals surface area contributed by atoms with Crippen LogP contribution in [0.5, 0.6) is 0 Å². The highest BCUT2D eigenvalue weighted by molar-refractivity contribution is 8.00. The lowest BCUT2D eigenvalue weighted by molar-refractivity contribution is -0.145. The Morgan fingerprint density at radius 1 is 1.00 bits per heavy atom. The molecule has 0 radical (unpaired) electrons. The Morgan fingerprint density at radius 3 is 2.43 bits per heavy atom. The molecule has 244 valence electrons. The van der Waals surface area contributed by atoms with Crippen LogP contribution in [0.25, 0.3) is 10.9 Å². The van der Waals surface area contributed by atoms with Gasteiger partial charge in [-0.2, -0.15) is 0 Å². The molecule has 2 saturated heterocycles. The van der Waals surface area contributed by atoms with Crippen LogP contribution in [0.4, 0.5) is 4.79 Å². The summed E-state index contributed by atoms with van der Waals surface area (Å²) >= 11 is 1.49. The Balaban J connectivity index is 1.28. The Bertz CT molecular complexity index is 1600. The number of aromatic amines is 1. The van der Waals surface area contributed by atoms with Gasteiger partial charge in [-0.15, -0.1) is 11.8 Å². The third kappa shape index (κ3) is 7.82. The van der Waals surface area contributed by atoms with Crippen LogP contribution in [0.1, 0.15) is 44.7 Å². The fraction of sp³-hybridized carbons (Fsp3) is 0.424. The number of alkyl carbamates (subject to hydrolysis) is 1. The van der Waals surface area contributed by atoms with Gasteiger partial charge < -0.3 is 36.3 Å². The fourth-order valence-corrected chi connectivity index (χ4v) is 7.25. The first-order valence-electron chi connectivity index (χ1n) is 15.3. The molecule has 1 aromatic heterocycles. The predicted octanol–water partition coefficient (Wildman–Crippen LogP) is 2.37. The molecule has 12 nitrogen and oxygen atoms in total. The number of hydrogen-bond acceptors (Lipinski definition) is 7. The lowest BCUT2D eigenvalue weighted by Gasteiger charge is -2.37. The molecule has 3 aromatic rings. The van der Waals surface area contributed by atoms with Crippen molar-refractivity contribution >= 4 is 52.4 Å². The summed E-state index contributed by atoms with van der Waals surface area (Å²) in [6.45, 7) is 5.19. The minimum Gasteiger partial charge on any atom is -0.444 e. The Morgan fingerprint density at radius 2 is 1.72 bits per heavy atom. The van der Waals surface area contributed by atoms with Crippen LogP contribution in [-0.2, 0) is 36.8 Å².